The number of non-ortho nitro benzene ring substituents is 1. The van der Waals surface area contributed by atoms with Gasteiger partial charge in [0.25, 0.3) is 5.69 Å². The lowest BCUT2D eigenvalue weighted by Gasteiger charge is -2.16. The highest BCUT2D eigenvalue weighted by Gasteiger charge is 2.19. The standard InChI is InChI=1S/C13H13BrN2O2/c1-8(9(2)14)10-3-4-13(16(17)18)12-7-15-6-5-11(10)12/h3-9H,1-2H3. The maximum Gasteiger partial charge on any atom is 0.278 e. The Bertz CT molecular complexity index is 599. The molecule has 0 aliphatic rings. The Labute approximate surface area is 113 Å². The minimum atomic E-state index is -0.365. The molecule has 5 heteroatoms. The number of nitro groups is 1. The van der Waals surface area contributed by atoms with Crippen LogP contribution in [0, 0.1) is 10.1 Å². The quantitative estimate of drug-likeness (QED) is 0.488. The highest BCUT2D eigenvalue weighted by atomic mass is 79.9. The summed E-state index contributed by atoms with van der Waals surface area (Å²) in [7, 11) is 0. The van der Waals surface area contributed by atoms with Crippen LogP contribution in [-0.2, 0) is 0 Å². The van der Waals surface area contributed by atoms with Crippen LogP contribution in [0.3, 0.4) is 0 Å². The summed E-state index contributed by atoms with van der Waals surface area (Å²) in [5, 5.41) is 12.5. The maximum absolute atomic E-state index is 11.0. The number of aromatic nitrogens is 1. The molecule has 1 aromatic heterocycles. The Morgan fingerprint density at radius 1 is 1.28 bits per heavy atom. The van der Waals surface area contributed by atoms with Crippen molar-refractivity contribution in [2.75, 3.05) is 0 Å². The van der Waals surface area contributed by atoms with Gasteiger partial charge in [0, 0.05) is 23.3 Å². The highest BCUT2D eigenvalue weighted by molar-refractivity contribution is 9.09. The molecule has 0 spiro atoms. The number of halogens is 1. The number of benzene rings is 1. The molecule has 0 aliphatic heterocycles. The molecule has 2 unspecified atom stereocenters. The molecule has 18 heavy (non-hydrogen) atoms. The van der Waals surface area contributed by atoms with Crippen LogP contribution >= 0.6 is 15.9 Å². The molecule has 0 N–H and O–H groups in total. The predicted molar refractivity (Wildman–Crippen MR) is 75.2 cm³/mol. The summed E-state index contributed by atoms with van der Waals surface area (Å²) in [5.74, 6) is 0.274. The van der Waals surface area contributed by atoms with Gasteiger partial charge in [0.2, 0.25) is 0 Å². The van der Waals surface area contributed by atoms with E-state index >= 15 is 0 Å². The summed E-state index contributed by atoms with van der Waals surface area (Å²) < 4.78 is 0. The molecule has 4 nitrogen and oxygen atoms in total. The second kappa shape index (κ2) is 5.02. The number of hydrogen-bond acceptors (Lipinski definition) is 3. The molecule has 0 radical (unpaired) electrons. The molecule has 1 heterocycles. The second-order valence-corrected chi connectivity index (χ2v) is 5.76. The normalized spacial score (nSPS) is 14.4. The third-order valence-corrected chi connectivity index (χ3v) is 4.00. The van der Waals surface area contributed by atoms with E-state index in [0.717, 1.165) is 10.9 Å². The van der Waals surface area contributed by atoms with E-state index in [2.05, 4.69) is 34.8 Å². The molecular formula is C13H13BrN2O2. The van der Waals surface area contributed by atoms with Gasteiger partial charge >= 0.3 is 0 Å². The molecule has 0 amide bonds. The first-order valence-corrected chi connectivity index (χ1v) is 6.59. The number of nitro benzene ring substituents is 1. The smallest absolute Gasteiger partial charge is 0.264 e. The topological polar surface area (TPSA) is 56.0 Å². The number of pyridine rings is 1. The van der Waals surface area contributed by atoms with Crippen LogP contribution in [0.4, 0.5) is 5.69 Å². The first-order chi connectivity index (χ1) is 8.52. The van der Waals surface area contributed by atoms with Gasteiger partial charge in [-0.2, -0.15) is 0 Å². The first-order valence-electron chi connectivity index (χ1n) is 5.67. The molecule has 0 saturated carbocycles. The molecule has 2 aromatic rings. The number of rotatable bonds is 3. The number of fused-ring (bicyclic) bond motifs is 1. The summed E-state index contributed by atoms with van der Waals surface area (Å²) >= 11 is 3.56. The van der Waals surface area contributed by atoms with E-state index in [1.54, 1.807) is 18.5 Å². The fourth-order valence-electron chi connectivity index (χ4n) is 2.00. The first kappa shape index (κ1) is 13.0. The zero-order valence-corrected chi connectivity index (χ0v) is 11.7. The van der Waals surface area contributed by atoms with E-state index in [1.165, 1.54) is 0 Å². The Hall–Kier alpha value is -1.49. The van der Waals surface area contributed by atoms with Crippen LogP contribution in [0.5, 0.6) is 0 Å². The molecule has 0 bridgehead atoms. The summed E-state index contributed by atoms with van der Waals surface area (Å²) in [6.45, 7) is 4.17. The van der Waals surface area contributed by atoms with Crippen LogP contribution < -0.4 is 0 Å². The molecule has 2 atom stereocenters. The van der Waals surface area contributed by atoms with Crippen LogP contribution in [-0.4, -0.2) is 14.7 Å². The van der Waals surface area contributed by atoms with Crippen molar-refractivity contribution >= 4 is 32.4 Å². The van der Waals surface area contributed by atoms with Gasteiger partial charge < -0.3 is 0 Å². The zero-order chi connectivity index (χ0) is 13.3. The van der Waals surface area contributed by atoms with Crippen LogP contribution in [0.2, 0.25) is 0 Å². The monoisotopic (exact) mass is 308 g/mol. The van der Waals surface area contributed by atoms with E-state index in [-0.39, 0.29) is 16.5 Å². The highest BCUT2D eigenvalue weighted by Crippen LogP contribution is 2.34. The lowest BCUT2D eigenvalue weighted by Crippen LogP contribution is -2.05. The summed E-state index contributed by atoms with van der Waals surface area (Å²) in [6.07, 6.45) is 3.23. The van der Waals surface area contributed by atoms with Crippen LogP contribution in [0.1, 0.15) is 25.3 Å². The van der Waals surface area contributed by atoms with E-state index in [0.29, 0.717) is 10.2 Å². The van der Waals surface area contributed by atoms with Crippen molar-refractivity contribution in [2.24, 2.45) is 0 Å². The number of alkyl halides is 1. The maximum atomic E-state index is 11.0. The predicted octanol–water partition coefficient (Wildman–Crippen LogP) is 4.03. The van der Waals surface area contributed by atoms with Crippen molar-refractivity contribution in [1.82, 2.24) is 4.98 Å². The largest absolute Gasteiger partial charge is 0.278 e. The van der Waals surface area contributed by atoms with Gasteiger partial charge in [-0.15, -0.1) is 0 Å². The minimum absolute atomic E-state index is 0.108. The average Bonchev–Trinajstić information content (AvgIpc) is 2.36. The van der Waals surface area contributed by atoms with E-state index < -0.39 is 0 Å². The molecule has 2 rings (SSSR count). The van der Waals surface area contributed by atoms with Gasteiger partial charge in [-0.3, -0.25) is 15.1 Å². The Morgan fingerprint density at radius 2 is 2.00 bits per heavy atom. The van der Waals surface area contributed by atoms with E-state index in [4.69, 9.17) is 0 Å². The Balaban J connectivity index is 2.72. The lowest BCUT2D eigenvalue weighted by atomic mass is 9.93. The summed E-state index contributed by atoms with van der Waals surface area (Å²) in [4.78, 5) is 14.9. The number of hydrogen-bond donors (Lipinski definition) is 0. The van der Waals surface area contributed by atoms with Crippen LogP contribution in [0.15, 0.2) is 30.6 Å². The van der Waals surface area contributed by atoms with Gasteiger partial charge in [0.1, 0.15) is 0 Å². The minimum Gasteiger partial charge on any atom is -0.264 e. The average molecular weight is 309 g/mol. The van der Waals surface area contributed by atoms with Gasteiger partial charge in [-0.25, -0.2) is 0 Å². The Morgan fingerprint density at radius 3 is 2.61 bits per heavy atom. The van der Waals surface area contributed by atoms with Gasteiger partial charge in [-0.05, 0) is 22.9 Å². The Kier molecular flexibility index (Phi) is 3.61. The molecule has 0 saturated heterocycles. The third-order valence-electron chi connectivity index (χ3n) is 3.21. The van der Waals surface area contributed by atoms with Crippen molar-refractivity contribution < 1.29 is 4.92 Å². The van der Waals surface area contributed by atoms with Crippen molar-refractivity contribution in [3.8, 4) is 0 Å². The fraction of sp³-hybridized carbons (Fsp3) is 0.308. The molecule has 0 fully saturated rings. The van der Waals surface area contributed by atoms with Gasteiger partial charge in [0.05, 0.1) is 10.3 Å². The number of nitrogens with zero attached hydrogens (tertiary/aromatic N) is 2. The van der Waals surface area contributed by atoms with Crippen molar-refractivity contribution in [3.05, 3.63) is 46.3 Å². The van der Waals surface area contributed by atoms with Crippen molar-refractivity contribution in [1.29, 1.82) is 0 Å². The van der Waals surface area contributed by atoms with E-state index in [9.17, 15) is 10.1 Å². The molecule has 0 aliphatic carbocycles. The second-order valence-electron chi connectivity index (χ2n) is 4.32. The lowest BCUT2D eigenvalue weighted by molar-refractivity contribution is -0.383. The van der Waals surface area contributed by atoms with Gasteiger partial charge in [0.15, 0.2) is 0 Å². The molecular weight excluding hydrogens is 296 g/mol. The third kappa shape index (κ3) is 2.22. The summed E-state index contributed by atoms with van der Waals surface area (Å²) in [5.41, 5.74) is 1.21. The van der Waals surface area contributed by atoms with Crippen LogP contribution in [0.25, 0.3) is 10.8 Å². The fourth-order valence-corrected chi connectivity index (χ4v) is 2.29. The molecule has 94 valence electrons. The summed E-state index contributed by atoms with van der Waals surface area (Å²) in [6, 6.07) is 5.23. The van der Waals surface area contributed by atoms with E-state index in [1.807, 2.05) is 12.1 Å². The van der Waals surface area contributed by atoms with Crippen molar-refractivity contribution in [2.45, 2.75) is 24.6 Å². The molecule has 1 aromatic carbocycles. The zero-order valence-electron chi connectivity index (χ0n) is 10.1. The van der Waals surface area contributed by atoms with Gasteiger partial charge in [-0.1, -0.05) is 35.8 Å². The SMILES string of the molecule is CC(Br)C(C)c1ccc([N+](=O)[O-])c2cnccc12. The van der Waals surface area contributed by atoms with Crippen molar-refractivity contribution in [3.63, 3.8) is 0 Å².